The Labute approximate surface area is 132 Å². The molecule has 122 valence electrons. The number of fused-ring (bicyclic) bond motifs is 3. The first kappa shape index (κ1) is 16.0. The van der Waals surface area contributed by atoms with Crippen molar-refractivity contribution in [2.75, 3.05) is 12.9 Å². The van der Waals surface area contributed by atoms with Crippen LogP contribution in [0.15, 0.2) is 24.3 Å². The van der Waals surface area contributed by atoms with Crippen LogP contribution in [0.5, 0.6) is 0 Å². The van der Waals surface area contributed by atoms with Gasteiger partial charge in [0.1, 0.15) is 0 Å². The van der Waals surface area contributed by atoms with Crippen LogP contribution >= 0.6 is 0 Å². The van der Waals surface area contributed by atoms with Gasteiger partial charge in [-0.15, -0.1) is 0 Å². The maximum atomic E-state index is 11.0. The highest BCUT2D eigenvalue weighted by Gasteiger charge is 2.49. The van der Waals surface area contributed by atoms with Gasteiger partial charge in [-0.2, -0.15) is 8.42 Å². The SMILES string of the molecule is CCC12CCC(c3ccc(COS(C)(=O)=O)cc3)(CC1)OC2. The average molecular weight is 324 g/mol. The van der Waals surface area contributed by atoms with Gasteiger partial charge in [0.15, 0.2) is 0 Å². The van der Waals surface area contributed by atoms with Gasteiger partial charge in [-0.3, -0.25) is 4.18 Å². The topological polar surface area (TPSA) is 52.6 Å². The summed E-state index contributed by atoms with van der Waals surface area (Å²) in [4.78, 5) is 0. The molecule has 4 nitrogen and oxygen atoms in total. The van der Waals surface area contributed by atoms with E-state index in [0.717, 1.165) is 31.3 Å². The third-order valence-corrected chi connectivity index (χ3v) is 5.99. The zero-order chi connectivity index (χ0) is 15.8. The molecule has 0 spiro atoms. The number of ether oxygens (including phenoxy) is 1. The van der Waals surface area contributed by atoms with Gasteiger partial charge in [-0.1, -0.05) is 31.2 Å². The van der Waals surface area contributed by atoms with E-state index in [9.17, 15) is 8.42 Å². The first-order valence-corrected chi connectivity index (χ1v) is 9.76. The normalized spacial score (nSPS) is 31.4. The van der Waals surface area contributed by atoms with E-state index >= 15 is 0 Å². The Bertz CT molecular complexity index is 609. The van der Waals surface area contributed by atoms with Crippen molar-refractivity contribution in [3.63, 3.8) is 0 Å². The monoisotopic (exact) mass is 324 g/mol. The van der Waals surface area contributed by atoms with E-state index < -0.39 is 10.1 Å². The zero-order valence-corrected chi connectivity index (χ0v) is 14.1. The molecule has 22 heavy (non-hydrogen) atoms. The Balaban J connectivity index is 1.71. The summed E-state index contributed by atoms with van der Waals surface area (Å²) in [6, 6.07) is 8.00. The molecule has 0 aromatic heterocycles. The second kappa shape index (κ2) is 5.62. The first-order chi connectivity index (χ1) is 10.4. The third-order valence-electron chi connectivity index (χ3n) is 5.44. The summed E-state index contributed by atoms with van der Waals surface area (Å²) >= 11 is 0. The minimum Gasteiger partial charge on any atom is -0.370 e. The molecule has 3 aliphatic rings. The van der Waals surface area contributed by atoms with Crippen LogP contribution in [0, 0.1) is 5.41 Å². The van der Waals surface area contributed by atoms with Crippen LogP contribution in [0.3, 0.4) is 0 Å². The molecule has 0 radical (unpaired) electrons. The first-order valence-electron chi connectivity index (χ1n) is 7.94. The highest BCUT2D eigenvalue weighted by Crippen LogP contribution is 2.54. The lowest BCUT2D eigenvalue weighted by molar-refractivity contribution is -0.190. The summed E-state index contributed by atoms with van der Waals surface area (Å²) < 4.78 is 33.2. The largest absolute Gasteiger partial charge is 0.370 e. The molecule has 2 heterocycles. The van der Waals surface area contributed by atoms with Gasteiger partial charge in [-0.05, 0) is 48.6 Å². The quantitative estimate of drug-likeness (QED) is 0.779. The minimum absolute atomic E-state index is 0.0892. The number of hydrogen-bond donors (Lipinski definition) is 0. The van der Waals surface area contributed by atoms with Gasteiger partial charge in [0, 0.05) is 0 Å². The summed E-state index contributed by atoms with van der Waals surface area (Å²) in [5.41, 5.74) is 2.35. The molecule has 1 aromatic carbocycles. The highest BCUT2D eigenvalue weighted by atomic mass is 32.2. The summed E-state index contributed by atoms with van der Waals surface area (Å²) in [5.74, 6) is 0. The van der Waals surface area contributed by atoms with Gasteiger partial charge in [0.05, 0.1) is 25.1 Å². The van der Waals surface area contributed by atoms with Gasteiger partial charge >= 0.3 is 0 Å². The lowest BCUT2D eigenvalue weighted by atomic mass is 9.63. The molecule has 2 bridgehead atoms. The van der Waals surface area contributed by atoms with Crippen LogP contribution < -0.4 is 0 Å². The Morgan fingerprint density at radius 3 is 2.23 bits per heavy atom. The summed E-state index contributed by atoms with van der Waals surface area (Å²) in [6.45, 7) is 3.21. The summed E-state index contributed by atoms with van der Waals surface area (Å²) in [7, 11) is -3.40. The molecule has 0 atom stereocenters. The number of benzene rings is 1. The lowest BCUT2D eigenvalue weighted by Gasteiger charge is -2.53. The van der Waals surface area contributed by atoms with Crippen LogP contribution in [-0.2, 0) is 31.2 Å². The number of rotatable bonds is 5. The zero-order valence-electron chi connectivity index (χ0n) is 13.3. The molecule has 2 saturated heterocycles. The third kappa shape index (κ3) is 3.07. The molecule has 0 amide bonds. The molecule has 0 N–H and O–H groups in total. The van der Waals surface area contributed by atoms with Crippen molar-refractivity contribution < 1.29 is 17.3 Å². The Morgan fingerprint density at radius 2 is 1.77 bits per heavy atom. The Kier molecular flexibility index (Phi) is 4.08. The lowest BCUT2D eigenvalue weighted by Crippen LogP contribution is -2.48. The van der Waals surface area contributed by atoms with Crippen molar-refractivity contribution in [1.29, 1.82) is 0 Å². The molecule has 2 aliphatic heterocycles. The molecular weight excluding hydrogens is 300 g/mol. The van der Waals surface area contributed by atoms with Gasteiger partial charge in [0.25, 0.3) is 10.1 Å². The van der Waals surface area contributed by atoms with E-state index in [1.165, 1.54) is 24.8 Å². The second-order valence-electron chi connectivity index (χ2n) is 6.80. The molecule has 1 aromatic rings. The predicted octanol–water partition coefficient (Wildman–Crippen LogP) is 3.36. The van der Waals surface area contributed by atoms with E-state index in [2.05, 4.69) is 19.1 Å². The summed E-state index contributed by atoms with van der Waals surface area (Å²) in [5, 5.41) is 0. The van der Waals surface area contributed by atoms with E-state index in [1.54, 1.807) is 0 Å². The van der Waals surface area contributed by atoms with Crippen molar-refractivity contribution in [3.05, 3.63) is 35.4 Å². The van der Waals surface area contributed by atoms with Gasteiger partial charge < -0.3 is 4.74 Å². The van der Waals surface area contributed by atoms with Gasteiger partial charge in [-0.25, -0.2) is 0 Å². The molecular formula is C17H24O4S. The second-order valence-corrected chi connectivity index (χ2v) is 8.44. The number of hydrogen-bond acceptors (Lipinski definition) is 4. The molecule has 3 fully saturated rings. The fourth-order valence-electron chi connectivity index (χ4n) is 3.67. The van der Waals surface area contributed by atoms with Crippen molar-refractivity contribution in [1.82, 2.24) is 0 Å². The summed E-state index contributed by atoms with van der Waals surface area (Å²) in [6.07, 6.45) is 6.91. The smallest absolute Gasteiger partial charge is 0.264 e. The fraction of sp³-hybridized carbons (Fsp3) is 0.647. The van der Waals surface area contributed by atoms with Crippen molar-refractivity contribution in [2.45, 2.75) is 51.2 Å². The van der Waals surface area contributed by atoms with Crippen LogP contribution in [0.1, 0.15) is 50.2 Å². The Hall–Kier alpha value is -0.910. The average Bonchev–Trinajstić information content (AvgIpc) is 2.54. The molecule has 1 saturated carbocycles. The van der Waals surface area contributed by atoms with E-state index in [-0.39, 0.29) is 12.2 Å². The molecule has 5 heteroatoms. The molecule has 1 aliphatic carbocycles. The molecule has 0 unspecified atom stereocenters. The van der Waals surface area contributed by atoms with Gasteiger partial charge in [0.2, 0.25) is 0 Å². The van der Waals surface area contributed by atoms with Crippen LogP contribution in [-0.4, -0.2) is 21.3 Å². The van der Waals surface area contributed by atoms with Crippen LogP contribution in [0.4, 0.5) is 0 Å². The fourth-order valence-corrected chi connectivity index (χ4v) is 4.02. The van der Waals surface area contributed by atoms with Crippen LogP contribution in [0.2, 0.25) is 0 Å². The minimum atomic E-state index is -3.40. The highest BCUT2D eigenvalue weighted by molar-refractivity contribution is 7.85. The predicted molar refractivity (Wildman–Crippen MR) is 84.9 cm³/mol. The molecule has 4 rings (SSSR count). The van der Waals surface area contributed by atoms with E-state index in [1.807, 2.05) is 12.1 Å². The van der Waals surface area contributed by atoms with Crippen LogP contribution in [0.25, 0.3) is 0 Å². The standard InChI is InChI=1S/C17H24O4S/c1-3-16-8-10-17(11-9-16,20-13-16)15-6-4-14(5-7-15)12-21-22(2,18)19/h4-7H,3,8-13H2,1-2H3. The van der Waals surface area contributed by atoms with Crippen molar-refractivity contribution in [2.24, 2.45) is 5.41 Å². The Morgan fingerprint density at radius 1 is 1.14 bits per heavy atom. The maximum absolute atomic E-state index is 11.0. The van der Waals surface area contributed by atoms with Crippen molar-refractivity contribution in [3.8, 4) is 0 Å². The van der Waals surface area contributed by atoms with Crippen molar-refractivity contribution >= 4 is 10.1 Å². The maximum Gasteiger partial charge on any atom is 0.264 e. The van der Waals surface area contributed by atoms with E-state index in [4.69, 9.17) is 8.92 Å². The van der Waals surface area contributed by atoms with E-state index in [0.29, 0.717) is 5.41 Å².